The Bertz CT molecular complexity index is 1270. The van der Waals surface area contributed by atoms with Gasteiger partial charge in [0.1, 0.15) is 23.6 Å². The number of hydrogen-bond donors (Lipinski definition) is 2. The van der Waals surface area contributed by atoms with Crippen LogP contribution in [-0.4, -0.2) is 85.3 Å². The van der Waals surface area contributed by atoms with Gasteiger partial charge < -0.3 is 30.1 Å². The number of carbonyl (C=O) groups is 1. The van der Waals surface area contributed by atoms with Crippen molar-refractivity contribution in [2.75, 3.05) is 63.4 Å². The third-order valence-corrected chi connectivity index (χ3v) is 5.49. The minimum Gasteiger partial charge on any atom is -0.494 e. The summed E-state index contributed by atoms with van der Waals surface area (Å²) in [6.45, 7) is 8.58. The summed E-state index contributed by atoms with van der Waals surface area (Å²) in [5.41, 5.74) is 2.25. The third-order valence-electron chi connectivity index (χ3n) is 5.49. The van der Waals surface area contributed by atoms with Gasteiger partial charge in [-0.15, -0.1) is 0 Å². The summed E-state index contributed by atoms with van der Waals surface area (Å²) in [6, 6.07) is 3.56. The fourth-order valence-corrected chi connectivity index (χ4v) is 3.54. The van der Waals surface area contributed by atoms with Crippen LogP contribution in [0.15, 0.2) is 66.5 Å². The monoisotopic (exact) mass is 521 g/mol. The van der Waals surface area contributed by atoms with E-state index in [-0.39, 0.29) is 30.1 Å². The molecule has 0 unspecified atom stereocenters. The lowest BCUT2D eigenvalue weighted by molar-refractivity contribution is -0.111. The number of halogens is 1. The minimum absolute atomic E-state index is 0.00921. The van der Waals surface area contributed by atoms with Crippen molar-refractivity contribution < 1.29 is 13.9 Å². The van der Waals surface area contributed by atoms with Gasteiger partial charge in [0.2, 0.25) is 11.9 Å². The van der Waals surface area contributed by atoms with E-state index in [1.165, 1.54) is 24.7 Å². The first-order chi connectivity index (χ1) is 18.2. The molecule has 3 rings (SSSR count). The van der Waals surface area contributed by atoms with Crippen LogP contribution in [0.25, 0.3) is 5.70 Å². The number of amides is 1. The highest BCUT2D eigenvalue weighted by Gasteiger charge is 2.19. The van der Waals surface area contributed by atoms with Crippen molar-refractivity contribution in [2.24, 2.45) is 4.99 Å². The molecule has 1 aromatic heterocycles. The number of nitrogens with zero attached hydrogens (tertiary/aromatic N) is 7. The Hall–Kier alpha value is -4.58. The number of ether oxygens (including phenoxy) is 1. The van der Waals surface area contributed by atoms with Crippen molar-refractivity contribution in [3.8, 4) is 5.75 Å². The summed E-state index contributed by atoms with van der Waals surface area (Å²) >= 11 is 0. The van der Waals surface area contributed by atoms with Crippen molar-refractivity contribution in [1.82, 2.24) is 24.8 Å². The molecule has 1 aliphatic rings. The summed E-state index contributed by atoms with van der Waals surface area (Å²) in [7, 11) is 7.46. The molecule has 0 aliphatic carbocycles. The van der Waals surface area contributed by atoms with Crippen LogP contribution in [0.3, 0.4) is 0 Å². The van der Waals surface area contributed by atoms with Crippen LogP contribution >= 0.6 is 0 Å². The van der Waals surface area contributed by atoms with Crippen LogP contribution in [0.2, 0.25) is 0 Å². The van der Waals surface area contributed by atoms with Crippen LogP contribution in [0.4, 0.5) is 27.4 Å². The van der Waals surface area contributed by atoms with Gasteiger partial charge >= 0.3 is 0 Å². The SMILES string of the molecule is C=CC(=O)Nc1cc(Nc2ncnc(/C(=C/N=C)N3C=CC=C(F)C3)n2)c(OC)cc1N(C)CCN(C)C. The standard InChI is InChI=1S/C26H32FN9O2/c1-7-24(37)31-19-13-20(23(38-6)14-21(19)35(5)12-11-34(3)4)32-26-30-17-29-25(33-26)22(15-28-2)36-10-8-9-18(27)16-36/h7-10,13-15,17H,1-2,11-12,16H2,3-6H3,(H,31,37)(H,29,30,32,33)/b22-15-. The average Bonchev–Trinajstić information content (AvgIpc) is 2.90. The fraction of sp³-hybridized carbons (Fsp3) is 0.269. The maximum Gasteiger partial charge on any atom is 0.247 e. The summed E-state index contributed by atoms with van der Waals surface area (Å²) in [5.74, 6) is 0.297. The number of allylic oxidation sites excluding steroid dienone is 2. The second-order valence-corrected chi connectivity index (χ2v) is 8.53. The zero-order valence-electron chi connectivity index (χ0n) is 22.0. The highest BCUT2D eigenvalue weighted by molar-refractivity contribution is 6.02. The first kappa shape index (κ1) is 28.0. The van der Waals surface area contributed by atoms with E-state index in [4.69, 9.17) is 4.74 Å². The van der Waals surface area contributed by atoms with Gasteiger partial charge in [-0.2, -0.15) is 4.98 Å². The zero-order chi connectivity index (χ0) is 27.7. The van der Waals surface area contributed by atoms with Gasteiger partial charge in [-0.1, -0.05) is 6.58 Å². The van der Waals surface area contributed by atoms with E-state index in [0.29, 0.717) is 29.4 Å². The molecule has 1 amide bonds. The molecular formula is C26H32FN9O2. The molecule has 0 radical (unpaired) electrons. The molecule has 11 nitrogen and oxygen atoms in total. The molecule has 2 heterocycles. The predicted molar refractivity (Wildman–Crippen MR) is 149 cm³/mol. The van der Waals surface area contributed by atoms with Gasteiger partial charge in [-0.25, -0.2) is 14.4 Å². The van der Waals surface area contributed by atoms with Gasteiger partial charge in [0, 0.05) is 32.4 Å². The Balaban J connectivity index is 1.97. The lowest BCUT2D eigenvalue weighted by atomic mass is 10.2. The van der Waals surface area contributed by atoms with Crippen LogP contribution in [0.5, 0.6) is 5.75 Å². The lowest BCUT2D eigenvalue weighted by Gasteiger charge is -2.26. The van der Waals surface area contributed by atoms with Crippen LogP contribution < -0.4 is 20.3 Å². The summed E-state index contributed by atoms with van der Waals surface area (Å²) in [5, 5.41) is 5.99. The first-order valence-corrected chi connectivity index (χ1v) is 11.7. The molecule has 1 aliphatic heterocycles. The minimum atomic E-state index is -0.353. The quantitative estimate of drug-likeness (QED) is 0.321. The Morgan fingerprint density at radius 1 is 1.26 bits per heavy atom. The van der Waals surface area contributed by atoms with E-state index in [9.17, 15) is 9.18 Å². The van der Waals surface area contributed by atoms with E-state index >= 15 is 0 Å². The molecular weight excluding hydrogens is 489 g/mol. The van der Waals surface area contributed by atoms with Crippen molar-refractivity contribution in [3.05, 3.63) is 67.3 Å². The molecule has 0 bridgehead atoms. The zero-order valence-corrected chi connectivity index (χ0v) is 22.0. The fourth-order valence-electron chi connectivity index (χ4n) is 3.54. The highest BCUT2D eigenvalue weighted by atomic mass is 19.1. The van der Waals surface area contributed by atoms with Gasteiger partial charge in [0.15, 0.2) is 5.82 Å². The number of likely N-dealkylation sites (N-methyl/N-ethyl adjacent to an activating group) is 2. The topological polar surface area (TPSA) is 111 Å². The summed E-state index contributed by atoms with van der Waals surface area (Å²) in [6.07, 6.45) is 8.64. The molecule has 0 saturated heterocycles. The molecule has 2 aromatic rings. The molecule has 0 spiro atoms. The van der Waals surface area contributed by atoms with Crippen molar-refractivity contribution in [3.63, 3.8) is 0 Å². The summed E-state index contributed by atoms with van der Waals surface area (Å²) in [4.78, 5) is 34.7. The Morgan fingerprint density at radius 3 is 2.71 bits per heavy atom. The van der Waals surface area contributed by atoms with E-state index in [0.717, 1.165) is 12.2 Å². The second-order valence-electron chi connectivity index (χ2n) is 8.53. The van der Waals surface area contributed by atoms with Gasteiger partial charge in [0.05, 0.1) is 36.9 Å². The smallest absolute Gasteiger partial charge is 0.247 e. The molecule has 0 fully saturated rings. The van der Waals surface area contributed by atoms with E-state index < -0.39 is 0 Å². The molecule has 12 heteroatoms. The number of nitrogens with one attached hydrogen (secondary N) is 2. The molecule has 200 valence electrons. The van der Waals surface area contributed by atoms with E-state index in [1.54, 1.807) is 30.4 Å². The maximum absolute atomic E-state index is 13.9. The first-order valence-electron chi connectivity index (χ1n) is 11.7. The number of aliphatic imine (C=N–C) groups is 1. The molecule has 2 N–H and O–H groups in total. The van der Waals surface area contributed by atoms with Crippen molar-refractivity contribution in [2.45, 2.75) is 0 Å². The average molecular weight is 522 g/mol. The van der Waals surface area contributed by atoms with E-state index in [1.807, 2.05) is 32.1 Å². The Morgan fingerprint density at radius 2 is 2.05 bits per heavy atom. The number of hydrogen-bond acceptors (Lipinski definition) is 10. The van der Waals surface area contributed by atoms with E-state index in [2.05, 4.69) is 48.8 Å². The number of aromatic nitrogens is 3. The van der Waals surface area contributed by atoms with Crippen molar-refractivity contribution >= 4 is 41.3 Å². The second kappa shape index (κ2) is 13.1. The van der Waals surface area contributed by atoms with Gasteiger partial charge in [-0.3, -0.25) is 9.79 Å². The number of carbonyl (C=O) groups excluding carboxylic acids is 1. The number of anilines is 4. The summed E-state index contributed by atoms with van der Waals surface area (Å²) < 4.78 is 19.5. The number of rotatable bonds is 12. The van der Waals surface area contributed by atoms with Gasteiger partial charge in [0.25, 0.3) is 0 Å². The lowest BCUT2D eigenvalue weighted by Crippen LogP contribution is -2.29. The molecule has 1 aromatic carbocycles. The molecule has 0 saturated carbocycles. The normalized spacial score (nSPS) is 13.2. The number of methoxy groups -OCH3 is 1. The predicted octanol–water partition coefficient (Wildman–Crippen LogP) is 3.43. The van der Waals surface area contributed by atoms with Crippen LogP contribution in [-0.2, 0) is 4.79 Å². The Kier molecular flexibility index (Phi) is 9.66. The largest absolute Gasteiger partial charge is 0.494 e. The maximum atomic E-state index is 13.9. The van der Waals surface area contributed by atoms with Gasteiger partial charge in [-0.05, 0) is 45.1 Å². The molecule has 0 atom stereocenters. The van der Waals surface area contributed by atoms with Crippen molar-refractivity contribution in [1.29, 1.82) is 0 Å². The highest BCUT2D eigenvalue weighted by Crippen LogP contribution is 2.38. The Labute approximate surface area is 221 Å². The third kappa shape index (κ3) is 7.23. The molecule has 38 heavy (non-hydrogen) atoms. The number of benzene rings is 1. The van der Waals surface area contributed by atoms with Crippen LogP contribution in [0.1, 0.15) is 5.82 Å². The van der Waals surface area contributed by atoms with Crippen LogP contribution in [0, 0.1) is 0 Å².